The molecule has 1 aromatic rings. The van der Waals surface area contributed by atoms with Crippen LogP contribution in [0.3, 0.4) is 0 Å². The number of rotatable bonds is 3. The summed E-state index contributed by atoms with van der Waals surface area (Å²) >= 11 is 0. The van der Waals surface area contributed by atoms with Gasteiger partial charge in [0, 0.05) is 32.6 Å². The number of carbonyl (C=O) groups is 2. The molecule has 0 N–H and O–H groups in total. The van der Waals surface area contributed by atoms with Crippen molar-refractivity contribution in [1.29, 1.82) is 0 Å². The molecule has 0 aromatic heterocycles. The normalized spacial score (nSPS) is 25.0. The molecule has 0 spiro atoms. The molecular weight excluding hydrogens is 288 g/mol. The van der Waals surface area contributed by atoms with Crippen molar-refractivity contribution in [3.63, 3.8) is 0 Å². The summed E-state index contributed by atoms with van der Waals surface area (Å²) in [6.45, 7) is 7.15. The van der Waals surface area contributed by atoms with Crippen LogP contribution in [0.1, 0.15) is 37.3 Å². The predicted molar refractivity (Wildman–Crippen MR) is 89.7 cm³/mol. The summed E-state index contributed by atoms with van der Waals surface area (Å²) in [6, 6.07) is 8.13. The molecule has 4 nitrogen and oxygen atoms in total. The van der Waals surface area contributed by atoms with Gasteiger partial charge < -0.3 is 9.80 Å². The van der Waals surface area contributed by atoms with E-state index in [4.69, 9.17) is 0 Å². The zero-order valence-corrected chi connectivity index (χ0v) is 14.1. The van der Waals surface area contributed by atoms with E-state index in [9.17, 15) is 9.59 Å². The van der Waals surface area contributed by atoms with Crippen LogP contribution in [-0.4, -0.2) is 41.2 Å². The number of amides is 2. The quantitative estimate of drug-likeness (QED) is 0.860. The summed E-state index contributed by atoms with van der Waals surface area (Å²) in [5.41, 5.74) is 2.36. The summed E-state index contributed by atoms with van der Waals surface area (Å²) in [6.07, 6.45) is 2.66. The third kappa shape index (κ3) is 3.57. The topological polar surface area (TPSA) is 40.6 Å². The maximum absolute atomic E-state index is 12.7. The number of benzene rings is 1. The van der Waals surface area contributed by atoms with Crippen molar-refractivity contribution < 1.29 is 9.59 Å². The summed E-state index contributed by atoms with van der Waals surface area (Å²) in [5, 5.41) is 0. The molecule has 1 aromatic carbocycles. The van der Waals surface area contributed by atoms with Crippen molar-refractivity contribution in [2.45, 2.75) is 39.7 Å². The van der Waals surface area contributed by atoms with Crippen LogP contribution in [0, 0.1) is 18.8 Å². The van der Waals surface area contributed by atoms with Crippen LogP contribution in [0.15, 0.2) is 24.3 Å². The SMILES string of the molecule is Cc1ccccc1CN1CC(C(=O)N2CCCC(C)C2)CC1=O. The molecule has 0 saturated carbocycles. The van der Waals surface area contributed by atoms with Gasteiger partial charge >= 0.3 is 0 Å². The van der Waals surface area contributed by atoms with Gasteiger partial charge in [-0.05, 0) is 36.8 Å². The minimum absolute atomic E-state index is 0.108. The van der Waals surface area contributed by atoms with E-state index in [0.717, 1.165) is 19.5 Å². The summed E-state index contributed by atoms with van der Waals surface area (Å²) in [5.74, 6) is 0.707. The molecule has 124 valence electrons. The van der Waals surface area contributed by atoms with E-state index in [2.05, 4.69) is 26.0 Å². The standard InChI is InChI=1S/C19H26N2O2/c1-14-6-5-9-20(11-14)19(23)17-10-18(22)21(13-17)12-16-8-4-3-7-15(16)2/h3-4,7-8,14,17H,5-6,9-13H2,1-2H3. The summed E-state index contributed by atoms with van der Waals surface area (Å²) in [4.78, 5) is 28.8. The Morgan fingerprint density at radius 3 is 2.78 bits per heavy atom. The Morgan fingerprint density at radius 2 is 2.04 bits per heavy atom. The Hall–Kier alpha value is -1.84. The first-order valence-corrected chi connectivity index (χ1v) is 8.65. The van der Waals surface area contributed by atoms with Gasteiger partial charge in [-0.1, -0.05) is 31.2 Å². The third-order valence-corrected chi connectivity index (χ3v) is 5.15. The van der Waals surface area contributed by atoms with Crippen LogP contribution >= 0.6 is 0 Å². The highest BCUT2D eigenvalue weighted by atomic mass is 16.2. The third-order valence-electron chi connectivity index (χ3n) is 5.15. The number of aryl methyl sites for hydroxylation is 1. The van der Waals surface area contributed by atoms with Gasteiger partial charge in [0.15, 0.2) is 0 Å². The van der Waals surface area contributed by atoms with Crippen LogP contribution in [0.5, 0.6) is 0 Å². The highest BCUT2D eigenvalue weighted by Crippen LogP contribution is 2.25. The van der Waals surface area contributed by atoms with E-state index < -0.39 is 0 Å². The van der Waals surface area contributed by atoms with E-state index in [1.165, 1.54) is 17.5 Å². The van der Waals surface area contributed by atoms with Crippen molar-refractivity contribution in [2.24, 2.45) is 11.8 Å². The lowest BCUT2D eigenvalue weighted by Gasteiger charge is -2.32. The smallest absolute Gasteiger partial charge is 0.228 e. The second-order valence-corrected chi connectivity index (χ2v) is 7.13. The van der Waals surface area contributed by atoms with Crippen molar-refractivity contribution in [3.05, 3.63) is 35.4 Å². The first-order valence-electron chi connectivity index (χ1n) is 8.65. The molecule has 23 heavy (non-hydrogen) atoms. The predicted octanol–water partition coefficient (Wildman–Crippen LogP) is 2.60. The Balaban J connectivity index is 1.63. The Labute approximate surface area is 138 Å². The van der Waals surface area contributed by atoms with Crippen molar-refractivity contribution in [1.82, 2.24) is 9.80 Å². The minimum atomic E-state index is -0.156. The molecule has 0 aliphatic carbocycles. The van der Waals surface area contributed by atoms with Gasteiger partial charge in [-0.25, -0.2) is 0 Å². The van der Waals surface area contributed by atoms with E-state index >= 15 is 0 Å². The van der Waals surface area contributed by atoms with Gasteiger partial charge in [-0.3, -0.25) is 9.59 Å². The lowest BCUT2D eigenvalue weighted by molar-refractivity contribution is -0.137. The highest BCUT2D eigenvalue weighted by Gasteiger charge is 2.37. The lowest BCUT2D eigenvalue weighted by Crippen LogP contribution is -2.43. The number of nitrogens with zero attached hydrogens (tertiary/aromatic N) is 2. The molecule has 2 aliphatic heterocycles. The molecule has 2 amide bonds. The average Bonchev–Trinajstić information content (AvgIpc) is 2.90. The van der Waals surface area contributed by atoms with Gasteiger partial charge in [0.2, 0.25) is 11.8 Å². The second kappa shape index (κ2) is 6.73. The zero-order chi connectivity index (χ0) is 16.4. The fraction of sp³-hybridized carbons (Fsp3) is 0.579. The fourth-order valence-corrected chi connectivity index (χ4v) is 3.73. The van der Waals surface area contributed by atoms with E-state index in [-0.39, 0.29) is 17.7 Å². The van der Waals surface area contributed by atoms with Crippen LogP contribution in [0.25, 0.3) is 0 Å². The lowest BCUT2D eigenvalue weighted by atomic mass is 9.98. The summed E-state index contributed by atoms with van der Waals surface area (Å²) < 4.78 is 0. The average molecular weight is 314 g/mol. The van der Waals surface area contributed by atoms with Crippen LogP contribution in [0.2, 0.25) is 0 Å². The number of carbonyl (C=O) groups excluding carboxylic acids is 2. The molecule has 3 rings (SSSR count). The van der Waals surface area contributed by atoms with Crippen molar-refractivity contribution in [2.75, 3.05) is 19.6 Å². The van der Waals surface area contributed by atoms with Gasteiger partial charge in [0.1, 0.15) is 0 Å². The molecule has 2 heterocycles. The van der Waals surface area contributed by atoms with Gasteiger partial charge in [-0.2, -0.15) is 0 Å². The van der Waals surface area contributed by atoms with Crippen molar-refractivity contribution in [3.8, 4) is 0 Å². The van der Waals surface area contributed by atoms with E-state index in [1.54, 1.807) is 0 Å². The number of piperidine rings is 1. The van der Waals surface area contributed by atoms with E-state index in [0.29, 0.717) is 25.4 Å². The molecule has 2 saturated heterocycles. The van der Waals surface area contributed by atoms with Crippen molar-refractivity contribution >= 4 is 11.8 Å². The van der Waals surface area contributed by atoms with E-state index in [1.807, 2.05) is 21.9 Å². The maximum Gasteiger partial charge on any atom is 0.228 e. The number of hydrogen-bond donors (Lipinski definition) is 0. The monoisotopic (exact) mass is 314 g/mol. The van der Waals surface area contributed by atoms with Gasteiger partial charge in [-0.15, -0.1) is 0 Å². The van der Waals surface area contributed by atoms with Crippen LogP contribution < -0.4 is 0 Å². The number of likely N-dealkylation sites (tertiary alicyclic amines) is 2. The second-order valence-electron chi connectivity index (χ2n) is 7.13. The largest absolute Gasteiger partial charge is 0.342 e. The molecule has 0 bridgehead atoms. The first kappa shape index (κ1) is 16.0. The Kier molecular flexibility index (Phi) is 4.69. The van der Waals surface area contributed by atoms with Crippen LogP contribution in [-0.2, 0) is 16.1 Å². The molecule has 2 atom stereocenters. The Morgan fingerprint density at radius 1 is 1.26 bits per heavy atom. The first-order chi connectivity index (χ1) is 11.0. The molecule has 4 heteroatoms. The highest BCUT2D eigenvalue weighted by molar-refractivity contribution is 5.89. The van der Waals surface area contributed by atoms with Gasteiger partial charge in [0.25, 0.3) is 0 Å². The minimum Gasteiger partial charge on any atom is -0.342 e. The molecule has 0 radical (unpaired) electrons. The molecule has 2 aliphatic rings. The number of hydrogen-bond acceptors (Lipinski definition) is 2. The maximum atomic E-state index is 12.7. The van der Waals surface area contributed by atoms with Gasteiger partial charge in [0.05, 0.1) is 5.92 Å². The Bertz CT molecular complexity index is 599. The zero-order valence-electron chi connectivity index (χ0n) is 14.1. The summed E-state index contributed by atoms with van der Waals surface area (Å²) in [7, 11) is 0. The van der Waals surface area contributed by atoms with Crippen LogP contribution in [0.4, 0.5) is 0 Å². The fourth-order valence-electron chi connectivity index (χ4n) is 3.73. The molecule has 2 unspecified atom stereocenters. The molecular formula is C19H26N2O2. The molecule has 2 fully saturated rings.